The van der Waals surface area contributed by atoms with E-state index in [0.29, 0.717) is 41.8 Å². The Hall–Kier alpha value is -2.48. The van der Waals surface area contributed by atoms with E-state index in [4.69, 9.17) is 9.47 Å². The number of carbonyl (C=O) groups excluding carboxylic acids is 1. The normalized spacial score (nSPS) is 15.1. The third-order valence-electron chi connectivity index (χ3n) is 5.11. The zero-order chi connectivity index (χ0) is 21.0. The molecule has 1 aliphatic heterocycles. The zero-order valence-electron chi connectivity index (χ0n) is 17.3. The van der Waals surface area contributed by atoms with Crippen molar-refractivity contribution in [3.05, 3.63) is 45.4 Å². The lowest BCUT2D eigenvalue weighted by molar-refractivity contribution is -0.121. The molecule has 1 amide bonds. The standard InChI is InChI=1S/C21H27N3O4S/c1-5-16-13(2)23-21-24(20(16)26)15(12-29-21)11-19(25)22-9-8-14-6-7-17(27-3)18(10-14)28-4/h6-7,10,15H,5,8-9,11-12H2,1-4H3,(H,22,25). The number of nitrogens with zero attached hydrogens (tertiary/aromatic N) is 2. The number of nitrogens with one attached hydrogen (secondary N) is 1. The summed E-state index contributed by atoms with van der Waals surface area (Å²) in [4.78, 5) is 29.8. The van der Waals surface area contributed by atoms with Crippen LogP contribution >= 0.6 is 11.8 Å². The highest BCUT2D eigenvalue weighted by atomic mass is 32.2. The summed E-state index contributed by atoms with van der Waals surface area (Å²) in [6.07, 6.45) is 1.61. The largest absolute Gasteiger partial charge is 0.493 e. The maximum atomic E-state index is 12.8. The van der Waals surface area contributed by atoms with E-state index < -0.39 is 0 Å². The average molecular weight is 418 g/mol. The van der Waals surface area contributed by atoms with Crippen LogP contribution in [0.25, 0.3) is 0 Å². The Morgan fingerprint density at radius 1 is 1.31 bits per heavy atom. The molecule has 1 aromatic carbocycles. The number of hydrogen-bond acceptors (Lipinski definition) is 6. The van der Waals surface area contributed by atoms with Gasteiger partial charge in [-0.2, -0.15) is 0 Å². The summed E-state index contributed by atoms with van der Waals surface area (Å²) >= 11 is 1.54. The fourth-order valence-corrected chi connectivity index (χ4v) is 4.73. The average Bonchev–Trinajstić information content (AvgIpc) is 3.10. The maximum absolute atomic E-state index is 12.8. The predicted molar refractivity (Wildman–Crippen MR) is 113 cm³/mol. The van der Waals surface area contributed by atoms with Gasteiger partial charge in [0.25, 0.3) is 5.56 Å². The molecule has 1 N–H and O–H groups in total. The van der Waals surface area contributed by atoms with Crippen molar-refractivity contribution < 1.29 is 14.3 Å². The SMILES string of the molecule is CCc1c(C)nc2n(c1=O)C(CC(=O)NCCc1ccc(OC)c(OC)c1)CS2. The van der Waals surface area contributed by atoms with Gasteiger partial charge in [0.15, 0.2) is 16.7 Å². The van der Waals surface area contributed by atoms with Crippen molar-refractivity contribution in [1.29, 1.82) is 0 Å². The van der Waals surface area contributed by atoms with Gasteiger partial charge in [-0.05, 0) is 37.5 Å². The molecule has 0 saturated carbocycles. The van der Waals surface area contributed by atoms with Crippen LogP contribution < -0.4 is 20.3 Å². The van der Waals surface area contributed by atoms with Crippen molar-refractivity contribution in [3.63, 3.8) is 0 Å². The molecule has 29 heavy (non-hydrogen) atoms. The van der Waals surface area contributed by atoms with Gasteiger partial charge in [0.05, 0.1) is 20.3 Å². The second kappa shape index (κ2) is 9.35. The Bertz CT molecular complexity index is 958. The minimum Gasteiger partial charge on any atom is -0.493 e. The first kappa shape index (κ1) is 21.2. The Balaban J connectivity index is 1.59. The van der Waals surface area contributed by atoms with Crippen LogP contribution in [-0.4, -0.2) is 42.0 Å². The van der Waals surface area contributed by atoms with E-state index in [0.717, 1.165) is 16.8 Å². The summed E-state index contributed by atoms with van der Waals surface area (Å²) in [5.41, 5.74) is 2.56. The van der Waals surface area contributed by atoms with Gasteiger partial charge in [-0.3, -0.25) is 14.2 Å². The van der Waals surface area contributed by atoms with E-state index in [-0.39, 0.29) is 23.9 Å². The van der Waals surface area contributed by atoms with E-state index in [2.05, 4.69) is 10.3 Å². The number of amides is 1. The van der Waals surface area contributed by atoms with Crippen LogP contribution in [-0.2, 0) is 17.6 Å². The molecule has 2 heterocycles. The number of benzene rings is 1. The third kappa shape index (κ3) is 4.58. The van der Waals surface area contributed by atoms with Crippen LogP contribution in [0.4, 0.5) is 0 Å². The lowest BCUT2D eigenvalue weighted by Gasteiger charge is -2.15. The lowest BCUT2D eigenvalue weighted by Crippen LogP contribution is -2.33. The molecule has 2 aromatic rings. The number of aryl methyl sites for hydroxylation is 1. The number of carbonyl (C=O) groups is 1. The van der Waals surface area contributed by atoms with Crippen molar-refractivity contribution in [1.82, 2.24) is 14.9 Å². The molecule has 3 rings (SSSR count). The van der Waals surface area contributed by atoms with E-state index in [1.165, 1.54) is 11.8 Å². The molecule has 156 valence electrons. The molecule has 0 aliphatic carbocycles. The molecule has 8 heteroatoms. The van der Waals surface area contributed by atoms with Gasteiger partial charge in [0.1, 0.15) is 0 Å². The molecule has 7 nitrogen and oxygen atoms in total. The molecule has 0 saturated heterocycles. The van der Waals surface area contributed by atoms with Crippen molar-refractivity contribution in [2.75, 3.05) is 26.5 Å². The van der Waals surface area contributed by atoms with Crippen LogP contribution in [0.5, 0.6) is 11.5 Å². The minimum atomic E-state index is -0.151. The highest BCUT2D eigenvalue weighted by Gasteiger charge is 2.28. The Labute approximate surface area is 174 Å². The summed E-state index contributed by atoms with van der Waals surface area (Å²) in [5, 5.41) is 3.67. The zero-order valence-corrected chi connectivity index (χ0v) is 18.1. The monoisotopic (exact) mass is 417 g/mol. The van der Waals surface area contributed by atoms with Gasteiger partial charge < -0.3 is 14.8 Å². The van der Waals surface area contributed by atoms with Crippen LogP contribution in [0.1, 0.15) is 36.2 Å². The van der Waals surface area contributed by atoms with E-state index >= 15 is 0 Å². The maximum Gasteiger partial charge on any atom is 0.257 e. The summed E-state index contributed by atoms with van der Waals surface area (Å²) in [6, 6.07) is 5.57. The van der Waals surface area contributed by atoms with Crippen LogP contribution in [0, 0.1) is 6.92 Å². The van der Waals surface area contributed by atoms with Crippen molar-refractivity contribution in [3.8, 4) is 11.5 Å². The smallest absolute Gasteiger partial charge is 0.257 e. The molecular weight excluding hydrogens is 390 g/mol. The molecule has 1 aliphatic rings. The summed E-state index contributed by atoms with van der Waals surface area (Å²) < 4.78 is 12.3. The van der Waals surface area contributed by atoms with Crippen molar-refractivity contribution in [2.24, 2.45) is 0 Å². The Morgan fingerprint density at radius 3 is 2.76 bits per heavy atom. The topological polar surface area (TPSA) is 82.5 Å². The van der Waals surface area contributed by atoms with Gasteiger partial charge in [0, 0.05) is 30.0 Å². The van der Waals surface area contributed by atoms with E-state index in [1.54, 1.807) is 18.8 Å². The molecule has 1 unspecified atom stereocenters. The van der Waals surface area contributed by atoms with Crippen LogP contribution in [0.15, 0.2) is 28.2 Å². The van der Waals surface area contributed by atoms with E-state index in [9.17, 15) is 9.59 Å². The second-order valence-corrected chi connectivity index (χ2v) is 7.93. The number of thioether (sulfide) groups is 1. The number of rotatable bonds is 8. The number of hydrogen-bond donors (Lipinski definition) is 1. The first-order valence-corrected chi connectivity index (χ1v) is 10.7. The quantitative estimate of drug-likeness (QED) is 0.665. The number of ether oxygens (including phenoxy) is 2. The van der Waals surface area contributed by atoms with Gasteiger partial charge in [-0.25, -0.2) is 4.98 Å². The molecule has 1 aromatic heterocycles. The third-order valence-corrected chi connectivity index (χ3v) is 6.21. The molecule has 0 bridgehead atoms. The van der Waals surface area contributed by atoms with Crippen molar-refractivity contribution in [2.45, 2.75) is 44.3 Å². The van der Waals surface area contributed by atoms with E-state index in [1.807, 2.05) is 32.0 Å². The molecular formula is C21H27N3O4S. The highest BCUT2D eigenvalue weighted by molar-refractivity contribution is 7.99. The van der Waals surface area contributed by atoms with Gasteiger partial charge in [-0.15, -0.1) is 0 Å². The number of aromatic nitrogens is 2. The first-order chi connectivity index (χ1) is 14.0. The molecule has 0 spiro atoms. The number of fused-ring (bicyclic) bond motifs is 1. The van der Waals surface area contributed by atoms with Crippen LogP contribution in [0.3, 0.4) is 0 Å². The fourth-order valence-electron chi connectivity index (χ4n) is 3.55. The molecule has 0 radical (unpaired) electrons. The predicted octanol–water partition coefficient (Wildman–Crippen LogP) is 2.53. The van der Waals surface area contributed by atoms with Gasteiger partial charge >= 0.3 is 0 Å². The fraction of sp³-hybridized carbons (Fsp3) is 0.476. The van der Waals surface area contributed by atoms with Crippen LogP contribution in [0.2, 0.25) is 0 Å². The molecule has 1 atom stereocenters. The summed E-state index contributed by atoms with van der Waals surface area (Å²) in [5.74, 6) is 1.98. The van der Waals surface area contributed by atoms with Crippen molar-refractivity contribution >= 4 is 17.7 Å². The summed E-state index contributed by atoms with van der Waals surface area (Å²) in [7, 11) is 3.20. The van der Waals surface area contributed by atoms with Gasteiger partial charge in [-0.1, -0.05) is 24.8 Å². The second-order valence-electron chi connectivity index (χ2n) is 6.95. The first-order valence-electron chi connectivity index (χ1n) is 9.70. The minimum absolute atomic E-state index is 0.0110. The van der Waals surface area contributed by atoms with Gasteiger partial charge in [0.2, 0.25) is 5.91 Å². The Kier molecular flexibility index (Phi) is 6.84. The highest BCUT2D eigenvalue weighted by Crippen LogP contribution is 2.32. The number of methoxy groups -OCH3 is 2. The Morgan fingerprint density at radius 2 is 2.07 bits per heavy atom. The summed E-state index contributed by atoms with van der Waals surface area (Å²) in [6.45, 7) is 4.34. The molecule has 0 fully saturated rings. The lowest BCUT2D eigenvalue weighted by atomic mass is 10.1.